The Morgan fingerprint density at radius 3 is 2.69 bits per heavy atom. The summed E-state index contributed by atoms with van der Waals surface area (Å²) in [5.41, 5.74) is 3.31. The van der Waals surface area contributed by atoms with E-state index in [2.05, 4.69) is 5.32 Å². The number of nitrogens with one attached hydrogen (secondary N) is 1. The van der Waals surface area contributed by atoms with Crippen LogP contribution in [0.25, 0.3) is 0 Å². The summed E-state index contributed by atoms with van der Waals surface area (Å²) in [5.74, 6) is -0.0395. The molecule has 2 heteroatoms. The van der Waals surface area contributed by atoms with Crippen molar-refractivity contribution in [2.24, 2.45) is 0 Å². The van der Waals surface area contributed by atoms with Gasteiger partial charge in [0.15, 0.2) is 0 Å². The lowest BCUT2D eigenvalue weighted by molar-refractivity contribution is -0.108. The van der Waals surface area contributed by atoms with E-state index in [0.717, 1.165) is 17.5 Å². The lowest BCUT2D eigenvalue weighted by Gasteiger charge is -2.13. The molecule has 0 saturated heterocycles. The van der Waals surface area contributed by atoms with E-state index in [1.807, 2.05) is 39.1 Å². The zero-order chi connectivity index (χ0) is 9.84. The second-order valence-electron chi connectivity index (χ2n) is 3.21. The first-order valence-electron chi connectivity index (χ1n) is 4.43. The van der Waals surface area contributed by atoms with Gasteiger partial charge in [0.2, 0.25) is 0 Å². The van der Waals surface area contributed by atoms with E-state index < -0.39 is 0 Å². The minimum atomic E-state index is -0.0395. The second-order valence-corrected chi connectivity index (χ2v) is 3.21. The molecular weight excluding hydrogens is 162 g/mol. The third-order valence-electron chi connectivity index (χ3n) is 2.25. The highest BCUT2D eigenvalue weighted by molar-refractivity contribution is 5.69. The summed E-state index contributed by atoms with van der Waals surface area (Å²) in [6.45, 7) is 3.94. The lowest BCUT2D eigenvalue weighted by atomic mass is 9.98. The van der Waals surface area contributed by atoms with E-state index in [4.69, 9.17) is 0 Å². The van der Waals surface area contributed by atoms with Crippen LogP contribution in [0.4, 0.5) is 5.69 Å². The molecule has 1 atom stereocenters. The molecule has 0 aliphatic rings. The van der Waals surface area contributed by atoms with Gasteiger partial charge in [-0.25, -0.2) is 0 Å². The minimum absolute atomic E-state index is 0.0395. The van der Waals surface area contributed by atoms with Gasteiger partial charge in [0, 0.05) is 18.7 Å². The van der Waals surface area contributed by atoms with Crippen molar-refractivity contribution in [3.05, 3.63) is 29.3 Å². The molecule has 70 valence electrons. The maximum Gasteiger partial charge on any atom is 0.127 e. The number of hydrogen-bond donors (Lipinski definition) is 1. The van der Waals surface area contributed by atoms with Crippen molar-refractivity contribution < 1.29 is 4.79 Å². The first kappa shape index (κ1) is 9.78. The Kier molecular flexibility index (Phi) is 3.07. The molecule has 1 aromatic carbocycles. The first-order chi connectivity index (χ1) is 6.20. The quantitative estimate of drug-likeness (QED) is 0.718. The molecule has 1 N–H and O–H groups in total. The molecule has 0 heterocycles. The predicted octanol–water partition coefficient (Wildman–Crippen LogP) is 2.34. The Bertz CT molecular complexity index is 307. The standard InChI is InChI=1S/C11H15NO/c1-8-5-4-6-10(9(2)7-13)11(8)12-3/h4-7,9,12H,1-3H3. The number of aldehydes is 1. The van der Waals surface area contributed by atoms with Gasteiger partial charge in [-0.1, -0.05) is 25.1 Å². The Hall–Kier alpha value is -1.31. The van der Waals surface area contributed by atoms with Crippen LogP contribution in [0.1, 0.15) is 24.0 Å². The molecule has 0 radical (unpaired) electrons. The maximum atomic E-state index is 10.7. The number of anilines is 1. The number of para-hydroxylation sites is 1. The molecule has 0 saturated carbocycles. The number of carbonyl (C=O) groups excluding carboxylic acids is 1. The highest BCUT2D eigenvalue weighted by Gasteiger charge is 2.09. The van der Waals surface area contributed by atoms with Crippen LogP contribution in [0.2, 0.25) is 0 Å². The second kappa shape index (κ2) is 4.08. The summed E-state index contributed by atoms with van der Waals surface area (Å²) >= 11 is 0. The number of carbonyl (C=O) groups is 1. The third kappa shape index (κ3) is 1.89. The van der Waals surface area contributed by atoms with Crippen LogP contribution in [0.5, 0.6) is 0 Å². The third-order valence-corrected chi connectivity index (χ3v) is 2.25. The lowest BCUT2D eigenvalue weighted by Crippen LogP contribution is -2.02. The molecule has 0 aliphatic heterocycles. The largest absolute Gasteiger partial charge is 0.388 e. The Morgan fingerprint density at radius 1 is 1.46 bits per heavy atom. The minimum Gasteiger partial charge on any atom is -0.388 e. The SMILES string of the molecule is CNc1c(C)cccc1C(C)C=O. The van der Waals surface area contributed by atoms with Crippen molar-refractivity contribution >= 4 is 12.0 Å². The van der Waals surface area contributed by atoms with Crippen LogP contribution < -0.4 is 5.32 Å². The molecule has 2 nitrogen and oxygen atoms in total. The first-order valence-corrected chi connectivity index (χ1v) is 4.43. The molecule has 0 aromatic heterocycles. The zero-order valence-electron chi connectivity index (χ0n) is 8.29. The number of hydrogen-bond acceptors (Lipinski definition) is 2. The van der Waals surface area contributed by atoms with Crippen molar-refractivity contribution in [1.29, 1.82) is 0 Å². The molecular formula is C11H15NO. The van der Waals surface area contributed by atoms with Gasteiger partial charge in [-0.2, -0.15) is 0 Å². The molecule has 1 rings (SSSR count). The molecule has 0 aliphatic carbocycles. The van der Waals surface area contributed by atoms with Crippen molar-refractivity contribution in [3.63, 3.8) is 0 Å². The Morgan fingerprint density at radius 2 is 2.15 bits per heavy atom. The van der Waals surface area contributed by atoms with Crippen molar-refractivity contribution in [2.45, 2.75) is 19.8 Å². The molecule has 0 fully saturated rings. The number of aryl methyl sites for hydroxylation is 1. The highest BCUT2D eigenvalue weighted by Crippen LogP contribution is 2.25. The van der Waals surface area contributed by atoms with Crippen molar-refractivity contribution in [3.8, 4) is 0 Å². The van der Waals surface area contributed by atoms with Gasteiger partial charge in [-0.15, -0.1) is 0 Å². The Balaban J connectivity index is 3.19. The van der Waals surface area contributed by atoms with E-state index >= 15 is 0 Å². The van der Waals surface area contributed by atoms with E-state index in [9.17, 15) is 4.79 Å². The van der Waals surface area contributed by atoms with Gasteiger partial charge in [0.25, 0.3) is 0 Å². The average Bonchev–Trinajstić information content (AvgIpc) is 2.16. The molecule has 1 aromatic rings. The fourth-order valence-electron chi connectivity index (χ4n) is 1.48. The van der Waals surface area contributed by atoms with Gasteiger partial charge in [0.05, 0.1) is 0 Å². The van der Waals surface area contributed by atoms with E-state index in [-0.39, 0.29) is 5.92 Å². The van der Waals surface area contributed by atoms with Gasteiger partial charge in [0.1, 0.15) is 6.29 Å². The van der Waals surface area contributed by atoms with Crippen LogP contribution >= 0.6 is 0 Å². The van der Waals surface area contributed by atoms with Gasteiger partial charge < -0.3 is 10.1 Å². The van der Waals surface area contributed by atoms with Gasteiger partial charge in [-0.05, 0) is 18.1 Å². The maximum absolute atomic E-state index is 10.7. The molecule has 0 amide bonds. The fourth-order valence-corrected chi connectivity index (χ4v) is 1.48. The van der Waals surface area contributed by atoms with Crippen LogP contribution in [-0.4, -0.2) is 13.3 Å². The van der Waals surface area contributed by atoms with Crippen LogP contribution in [0, 0.1) is 6.92 Å². The summed E-state index contributed by atoms with van der Waals surface area (Å²) in [6, 6.07) is 6.00. The van der Waals surface area contributed by atoms with Crippen LogP contribution in [0.15, 0.2) is 18.2 Å². The smallest absolute Gasteiger partial charge is 0.127 e. The summed E-state index contributed by atoms with van der Waals surface area (Å²) in [4.78, 5) is 10.7. The highest BCUT2D eigenvalue weighted by atomic mass is 16.1. The number of benzene rings is 1. The molecule has 0 spiro atoms. The Labute approximate surface area is 79.0 Å². The van der Waals surface area contributed by atoms with E-state index in [0.29, 0.717) is 0 Å². The summed E-state index contributed by atoms with van der Waals surface area (Å²) < 4.78 is 0. The van der Waals surface area contributed by atoms with Gasteiger partial charge >= 0.3 is 0 Å². The summed E-state index contributed by atoms with van der Waals surface area (Å²) in [5, 5.41) is 3.12. The predicted molar refractivity (Wildman–Crippen MR) is 55.2 cm³/mol. The summed E-state index contributed by atoms with van der Waals surface area (Å²) in [6.07, 6.45) is 0.968. The van der Waals surface area contributed by atoms with Crippen LogP contribution in [0.3, 0.4) is 0 Å². The molecule has 13 heavy (non-hydrogen) atoms. The van der Waals surface area contributed by atoms with Crippen LogP contribution in [-0.2, 0) is 4.79 Å². The fraction of sp³-hybridized carbons (Fsp3) is 0.364. The molecule has 1 unspecified atom stereocenters. The monoisotopic (exact) mass is 177 g/mol. The number of rotatable bonds is 3. The topological polar surface area (TPSA) is 29.1 Å². The van der Waals surface area contributed by atoms with E-state index in [1.165, 1.54) is 5.56 Å². The zero-order valence-corrected chi connectivity index (χ0v) is 8.29. The van der Waals surface area contributed by atoms with Crippen molar-refractivity contribution in [2.75, 3.05) is 12.4 Å². The summed E-state index contributed by atoms with van der Waals surface area (Å²) in [7, 11) is 1.88. The van der Waals surface area contributed by atoms with E-state index in [1.54, 1.807) is 0 Å². The normalized spacial score (nSPS) is 12.2. The van der Waals surface area contributed by atoms with Crippen molar-refractivity contribution in [1.82, 2.24) is 0 Å². The molecule has 0 bridgehead atoms. The van der Waals surface area contributed by atoms with Gasteiger partial charge in [-0.3, -0.25) is 0 Å². The average molecular weight is 177 g/mol.